The Balaban J connectivity index is 2.80. The van der Waals surface area contributed by atoms with E-state index in [1.807, 2.05) is 18.2 Å². The summed E-state index contributed by atoms with van der Waals surface area (Å²) in [5.74, 6) is -0.389. The van der Waals surface area contributed by atoms with Gasteiger partial charge in [-0.05, 0) is 17.7 Å². The molecule has 0 saturated carbocycles. The van der Waals surface area contributed by atoms with Gasteiger partial charge in [0.15, 0.2) is 0 Å². The summed E-state index contributed by atoms with van der Waals surface area (Å²) in [6.45, 7) is 0. The van der Waals surface area contributed by atoms with Gasteiger partial charge in [-0.25, -0.2) is 4.79 Å². The van der Waals surface area contributed by atoms with Crippen LogP contribution in [0.4, 0.5) is 0 Å². The van der Waals surface area contributed by atoms with E-state index in [4.69, 9.17) is 11.6 Å². The molecule has 1 rings (SSSR count). The van der Waals surface area contributed by atoms with Gasteiger partial charge < -0.3 is 4.74 Å². The summed E-state index contributed by atoms with van der Waals surface area (Å²) in [5.41, 5.74) is 0.801. The van der Waals surface area contributed by atoms with Crippen molar-refractivity contribution in [1.82, 2.24) is 0 Å². The highest BCUT2D eigenvalue weighted by atomic mass is 35.5. The lowest BCUT2D eigenvalue weighted by Gasteiger charge is -1.95. The molecule has 13 heavy (non-hydrogen) atoms. The Hall–Kier alpha value is -1.28. The second-order valence-corrected chi connectivity index (χ2v) is 2.79. The summed E-state index contributed by atoms with van der Waals surface area (Å²) in [6.07, 6.45) is 2.95. The molecule has 1 aromatic carbocycles. The highest BCUT2D eigenvalue weighted by Gasteiger charge is 1.95. The van der Waals surface area contributed by atoms with Crippen LogP contribution in [0.5, 0.6) is 0 Å². The number of carbonyl (C=O) groups is 1. The fourth-order valence-electron chi connectivity index (χ4n) is 0.836. The Labute approximate surface area is 81.8 Å². The first kappa shape index (κ1) is 9.81. The maximum absolute atomic E-state index is 10.7. The molecule has 3 heteroatoms. The van der Waals surface area contributed by atoms with E-state index in [1.54, 1.807) is 12.1 Å². The standard InChI is InChI=1S/C10H9ClO2/c1-13-10(12)7-6-8-4-2-3-5-9(8)11/h2-7H,1H3. The van der Waals surface area contributed by atoms with Crippen LogP contribution in [0.1, 0.15) is 5.56 Å². The SMILES string of the molecule is COC(=O)C=Cc1ccccc1Cl. The number of ether oxygens (including phenoxy) is 1. The van der Waals surface area contributed by atoms with Crippen molar-refractivity contribution in [3.05, 3.63) is 40.9 Å². The van der Waals surface area contributed by atoms with Gasteiger partial charge in [0, 0.05) is 11.1 Å². The number of methoxy groups -OCH3 is 1. The first-order valence-electron chi connectivity index (χ1n) is 3.74. The highest BCUT2D eigenvalue weighted by Crippen LogP contribution is 2.15. The van der Waals surface area contributed by atoms with Crippen LogP contribution < -0.4 is 0 Å². The number of esters is 1. The lowest BCUT2D eigenvalue weighted by Crippen LogP contribution is -1.93. The monoisotopic (exact) mass is 196 g/mol. The molecule has 0 amide bonds. The maximum atomic E-state index is 10.7. The van der Waals surface area contributed by atoms with Gasteiger partial charge in [-0.1, -0.05) is 29.8 Å². The van der Waals surface area contributed by atoms with E-state index in [-0.39, 0.29) is 5.97 Å². The molecule has 0 saturated heterocycles. The van der Waals surface area contributed by atoms with E-state index in [1.165, 1.54) is 13.2 Å². The Morgan fingerprint density at radius 2 is 2.15 bits per heavy atom. The number of hydrogen-bond donors (Lipinski definition) is 0. The normalized spacial score (nSPS) is 10.3. The molecule has 1 aromatic rings. The molecule has 0 unspecified atom stereocenters. The Bertz CT molecular complexity index is 331. The number of rotatable bonds is 2. The lowest BCUT2D eigenvalue weighted by atomic mass is 10.2. The van der Waals surface area contributed by atoms with Crippen molar-refractivity contribution < 1.29 is 9.53 Å². The third kappa shape index (κ3) is 2.92. The van der Waals surface area contributed by atoms with Crippen LogP contribution in [0, 0.1) is 0 Å². The minimum Gasteiger partial charge on any atom is -0.466 e. The van der Waals surface area contributed by atoms with Crippen molar-refractivity contribution in [3.8, 4) is 0 Å². The predicted octanol–water partition coefficient (Wildman–Crippen LogP) is 2.53. The van der Waals surface area contributed by atoms with Gasteiger partial charge in [-0.3, -0.25) is 0 Å². The zero-order chi connectivity index (χ0) is 9.68. The van der Waals surface area contributed by atoms with Crippen LogP contribution in [-0.2, 0) is 9.53 Å². The van der Waals surface area contributed by atoms with Gasteiger partial charge in [0.25, 0.3) is 0 Å². The second-order valence-electron chi connectivity index (χ2n) is 2.38. The van der Waals surface area contributed by atoms with Crippen molar-refractivity contribution in [3.63, 3.8) is 0 Å². The van der Waals surface area contributed by atoms with Crippen molar-refractivity contribution in [2.75, 3.05) is 7.11 Å². The first-order valence-corrected chi connectivity index (χ1v) is 4.12. The average molecular weight is 197 g/mol. The summed E-state index contributed by atoms with van der Waals surface area (Å²) in [4.78, 5) is 10.7. The molecule has 0 aliphatic rings. The summed E-state index contributed by atoms with van der Waals surface area (Å²) >= 11 is 5.85. The zero-order valence-electron chi connectivity index (χ0n) is 7.16. The van der Waals surface area contributed by atoms with Gasteiger partial charge in [0.05, 0.1) is 7.11 Å². The molecule has 0 aromatic heterocycles. The lowest BCUT2D eigenvalue weighted by molar-refractivity contribution is -0.134. The molecule has 0 spiro atoms. The highest BCUT2D eigenvalue weighted by molar-refractivity contribution is 6.32. The molecule has 0 N–H and O–H groups in total. The largest absolute Gasteiger partial charge is 0.466 e. The van der Waals surface area contributed by atoms with Crippen LogP contribution >= 0.6 is 11.6 Å². The van der Waals surface area contributed by atoms with E-state index >= 15 is 0 Å². The molecule has 0 aliphatic heterocycles. The van der Waals surface area contributed by atoms with E-state index in [2.05, 4.69) is 4.74 Å². The van der Waals surface area contributed by atoms with Crippen LogP contribution in [0.25, 0.3) is 6.08 Å². The summed E-state index contributed by atoms with van der Waals surface area (Å²) in [6, 6.07) is 7.26. The van der Waals surface area contributed by atoms with Crippen molar-refractivity contribution in [2.24, 2.45) is 0 Å². The summed E-state index contributed by atoms with van der Waals surface area (Å²) < 4.78 is 4.44. The van der Waals surface area contributed by atoms with Crippen molar-refractivity contribution >= 4 is 23.6 Å². The van der Waals surface area contributed by atoms with E-state index in [0.717, 1.165) is 5.56 Å². The van der Waals surface area contributed by atoms with Crippen molar-refractivity contribution in [1.29, 1.82) is 0 Å². The number of carbonyl (C=O) groups excluding carboxylic acids is 1. The molecular weight excluding hydrogens is 188 g/mol. The van der Waals surface area contributed by atoms with E-state index < -0.39 is 0 Å². The summed E-state index contributed by atoms with van der Waals surface area (Å²) in [5, 5.41) is 0.614. The molecule has 0 aliphatic carbocycles. The minimum absolute atomic E-state index is 0.389. The van der Waals surface area contributed by atoms with E-state index in [9.17, 15) is 4.79 Å². The minimum atomic E-state index is -0.389. The van der Waals surface area contributed by atoms with E-state index in [0.29, 0.717) is 5.02 Å². The van der Waals surface area contributed by atoms with Crippen LogP contribution in [0.3, 0.4) is 0 Å². The quantitative estimate of drug-likeness (QED) is 0.537. The second kappa shape index (κ2) is 4.67. The molecule has 0 atom stereocenters. The van der Waals surface area contributed by atoms with Crippen molar-refractivity contribution in [2.45, 2.75) is 0 Å². The molecule has 0 bridgehead atoms. The maximum Gasteiger partial charge on any atom is 0.330 e. The molecule has 0 heterocycles. The van der Waals surface area contributed by atoms with Gasteiger partial charge in [-0.15, -0.1) is 0 Å². The molecular formula is C10H9ClO2. The third-order valence-electron chi connectivity index (χ3n) is 1.51. The molecule has 2 nitrogen and oxygen atoms in total. The Morgan fingerprint density at radius 1 is 1.46 bits per heavy atom. The molecule has 0 fully saturated rings. The van der Waals surface area contributed by atoms with Crippen LogP contribution in [-0.4, -0.2) is 13.1 Å². The van der Waals surface area contributed by atoms with Crippen LogP contribution in [0.2, 0.25) is 5.02 Å². The molecule has 0 radical (unpaired) electrons. The van der Waals surface area contributed by atoms with Gasteiger partial charge in [0.2, 0.25) is 0 Å². The zero-order valence-corrected chi connectivity index (χ0v) is 7.91. The van der Waals surface area contributed by atoms with Gasteiger partial charge in [-0.2, -0.15) is 0 Å². The Morgan fingerprint density at radius 3 is 2.77 bits per heavy atom. The third-order valence-corrected chi connectivity index (χ3v) is 1.85. The number of halogens is 1. The first-order chi connectivity index (χ1) is 6.24. The Kier molecular flexibility index (Phi) is 3.53. The smallest absolute Gasteiger partial charge is 0.330 e. The topological polar surface area (TPSA) is 26.3 Å². The average Bonchev–Trinajstić information content (AvgIpc) is 2.16. The fraction of sp³-hybridized carbons (Fsp3) is 0.100. The number of hydrogen-bond acceptors (Lipinski definition) is 2. The predicted molar refractivity (Wildman–Crippen MR) is 52.5 cm³/mol. The molecule has 68 valence electrons. The fourth-order valence-corrected chi connectivity index (χ4v) is 1.03. The van der Waals surface area contributed by atoms with Gasteiger partial charge >= 0.3 is 5.97 Å². The number of benzene rings is 1. The summed E-state index contributed by atoms with van der Waals surface area (Å²) in [7, 11) is 1.33. The van der Waals surface area contributed by atoms with Gasteiger partial charge in [0.1, 0.15) is 0 Å². The van der Waals surface area contributed by atoms with Crippen LogP contribution in [0.15, 0.2) is 30.3 Å².